The van der Waals surface area contributed by atoms with Crippen LogP contribution < -0.4 is 15.2 Å². The Kier molecular flexibility index (Phi) is 5.02. The van der Waals surface area contributed by atoms with Gasteiger partial charge in [0.2, 0.25) is 0 Å². The minimum absolute atomic E-state index is 0.107. The van der Waals surface area contributed by atoms with Crippen molar-refractivity contribution in [3.05, 3.63) is 22.7 Å². The third kappa shape index (κ3) is 2.85. The van der Waals surface area contributed by atoms with E-state index in [0.717, 1.165) is 5.56 Å². The number of methoxy groups -OCH3 is 2. The maximum atomic E-state index is 6.52. The van der Waals surface area contributed by atoms with E-state index in [1.807, 2.05) is 12.1 Å². The van der Waals surface area contributed by atoms with Crippen LogP contribution in [-0.4, -0.2) is 26.4 Å². The summed E-state index contributed by atoms with van der Waals surface area (Å²) in [6.45, 7) is 6.34. The third-order valence-electron chi connectivity index (χ3n) is 4.61. The molecule has 118 valence electrons. The summed E-state index contributed by atoms with van der Waals surface area (Å²) in [4.78, 5) is 0. The van der Waals surface area contributed by atoms with Crippen molar-refractivity contribution in [2.75, 3.05) is 14.2 Å². The highest BCUT2D eigenvalue weighted by Gasteiger charge is 2.41. The monoisotopic (exact) mass is 313 g/mol. The van der Waals surface area contributed by atoms with E-state index < -0.39 is 0 Å². The van der Waals surface area contributed by atoms with Gasteiger partial charge in [0.05, 0.1) is 26.4 Å². The van der Waals surface area contributed by atoms with Gasteiger partial charge in [-0.2, -0.15) is 0 Å². The zero-order chi connectivity index (χ0) is 15.7. The zero-order valence-corrected chi connectivity index (χ0v) is 14.0. The molecule has 2 rings (SSSR count). The lowest BCUT2D eigenvalue weighted by Crippen LogP contribution is -2.31. The molecule has 1 aliphatic rings. The Bertz CT molecular complexity index is 509. The molecule has 21 heavy (non-hydrogen) atoms. The van der Waals surface area contributed by atoms with E-state index in [4.69, 9.17) is 31.5 Å². The fraction of sp³-hybridized carbons (Fsp3) is 0.625. The van der Waals surface area contributed by atoms with Crippen LogP contribution in [0.2, 0.25) is 5.02 Å². The molecule has 0 aromatic heterocycles. The second-order valence-electron chi connectivity index (χ2n) is 5.71. The summed E-state index contributed by atoms with van der Waals surface area (Å²) in [6.07, 6.45) is 0.311. The fourth-order valence-electron chi connectivity index (χ4n) is 3.30. The van der Waals surface area contributed by atoms with E-state index in [9.17, 15) is 0 Å². The summed E-state index contributed by atoms with van der Waals surface area (Å²) in [6, 6.07) is 3.56. The lowest BCUT2D eigenvalue weighted by atomic mass is 9.80. The summed E-state index contributed by atoms with van der Waals surface area (Å²) in [5, 5.41) is 0.459. The Balaban J connectivity index is 2.39. The first-order valence-corrected chi connectivity index (χ1v) is 7.61. The average molecular weight is 314 g/mol. The normalized spacial score (nSPS) is 30.2. The maximum Gasteiger partial charge on any atom is 0.146 e. The standard InChI is InChI=1S/C16H24ClNO3/c1-8-9(2)21-10(3)13(8)15(18)11-6-7-12(19-4)14(17)16(11)20-5/h6-10,13,15H,18H2,1-5H3. The molecular formula is C16H24ClNO3. The summed E-state index contributed by atoms with van der Waals surface area (Å²) in [5.41, 5.74) is 7.41. The van der Waals surface area contributed by atoms with Crippen molar-refractivity contribution in [2.45, 2.75) is 39.0 Å². The summed E-state index contributed by atoms with van der Waals surface area (Å²) >= 11 is 6.33. The molecule has 0 amide bonds. The molecule has 1 fully saturated rings. The van der Waals surface area contributed by atoms with Crippen LogP contribution in [0.15, 0.2) is 12.1 Å². The number of nitrogens with two attached hydrogens (primary N) is 1. The van der Waals surface area contributed by atoms with Gasteiger partial charge in [0, 0.05) is 17.5 Å². The average Bonchev–Trinajstić information content (AvgIpc) is 2.71. The van der Waals surface area contributed by atoms with Crippen LogP contribution in [0.4, 0.5) is 0 Å². The van der Waals surface area contributed by atoms with Crippen LogP contribution in [0.25, 0.3) is 0 Å². The molecule has 1 saturated heterocycles. The van der Waals surface area contributed by atoms with Crippen molar-refractivity contribution in [1.82, 2.24) is 0 Å². The molecule has 0 bridgehead atoms. The molecule has 1 aliphatic heterocycles. The second kappa shape index (κ2) is 6.42. The van der Waals surface area contributed by atoms with Gasteiger partial charge in [-0.15, -0.1) is 0 Å². The minimum Gasteiger partial charge on any atom is -0.495 e. The summed E-state index contributed by atoms with van der Waals surface area (Å²) in [5.74, 6) is 1.77. The van der Waals surface area contributed by atoms with Crippen LogP contribution in [0.3, 0.4) is 0 Å². The van der Waals surface area contributed by atoms with Crippen molar-refractivity contribution in [1.29, 1.82) is 0 Å². The maximum absolute atomic E-state index is 6.52. The van der Waals surface area contributed by atoms with Crippen LogP contribution in [0, 0.1) is 11.8 Å². The van der Waals surface area contributed by atoms with E-state index in [-0.39, 0.29) is 24.2 Å². The Morgan fingerprint density at radius 2 is 1.81 bits per heavy atom. The van der Waals surface area contributed by atoms with Crippen LogP contribution in [0.5, 0.6) is 11.5 Å². The molecule has 0 saturated carbocycles. The topological polar surface area (TPSA) is 53.7 Å². The molecule has 1 aromatic carbocycles. The first kappa shape index (κ1) is 16.4. The molecule has 5 atom stereocenters. The Labute approximate surface area is 131 Å². The first-order valence-electron chi connectivity index (χ1n) is 7.23. The molecule has 0 spiro atoms. The molecule has 0 aliphatic carbocycles. The predicted octanol–water partition coefficient (Wildman–Crippen LogP) is 3.42. The molecule has 1 heterocycles. The zero-order valence-electron chi connectivity index (χ0n) is 13.2. The highest BCUT2D eigenvalue weighted by atomic mass is 35.5. The van der Waals surface area contributed by atoms with Gasteiger partial charge in [-0.25, -0.2) is 0 Å². The van der Waals surface area contributed by atoms with E-state index in [1.165, 1.54) is 0 Å². The van der Waals surface area contributed by atoms with Crippen molar-refractivity contribution in [2.24, 2.45) is 17.6 Å². The Hall–Kier alpha value is -0.970. The number of halogens is 1. The largest absolute Gasteiger partial charge is 0.495 e. The van der Waals surface area contributed by atoms with E-state index in [2.05, 4.69) is 20.8 Å². The predicted molar refractivity (Wildman–Crippen MR) is 84.1 cm³/mol. The fourth-order valence-corrected chi connectivity index (χ4v) is 3.63. The molecule has 5 heteroatoms. The molecule has 5 unspecified atom stereocenters. The van der Waals surface area contributed by atoms with Gasteiger partial charge in [-0.3, -0.25) is 0 Å². The van der Waals surface area contributed by atoms with E-state index in [1.54, 1.807) is 14.2 Å². The van der Waals surface area contributed by atoms with E-state index >= 15 is 0 Å². The number of rotatable bonds is 4. The van der Waals surface area contributed by atoms with Gasteiger partial charge in [-0.1, -0.05) is 18.5 Å². The highest BCUT2D eigenvalue weighted by molar-refractivity contribution is 6.33. The number of benzene rings is 1. The van der Waals surface area contributed by atoms with Gasteiger partial charge in [0.15, 0.2) is 0 Å². The van der Waals surface area contributed by atoms with Gasteiger partial charge in [-0.05, 0) is 31.9 Å². The lowest BCUT2D eigenvalue weighted by Gasteiger charge is -2.27. The van der Waals surface area contributed by atoms with Gasteiger partial charge >= 0.3 is 0 Å². The van der Waals surface area contributed by atoms with Crippen LogP contribution in [-0.2, 0) is 4.74 Å². The Morgan fingerprint density at radius 1 is 1.14 bits per heavy atom. The quantitative estimate of drug-likeness (QED) is 0.925. The Morgan fingerprint density at radius 3 is 2.29 bits per heavy atom. The first-order chi connectivity index (χ1) is 9.92. The smallest absolute Gasteiger partial charge is 0.146 e. The third-order valence-corrected chi connectivity index (χ3v) is 4.97. The number of hydrogen-bond acceptors (Lipinski definition) is 4. The molecule has 1 aromatic rings. The second-order valence-corrected chi connectivity index (χ2v) is 6.09. The SMILES string of the molecule is COc1ccc(C(N)C2C(C)OC(C)C2C)c(OC)c1Cl. The molecule has 0 radical (unpaired) electrons. The number of ether oxygens (including phenoxy) is 3. The molecular weight excluding hydrogens is 290 g/mol. The van der Waals surface area contributed by atoms with Crippen molar-refractivity contribution < 1.29 is 14.2 Å². The minimum atomic E-state index is -0.196. The molecule has 2 N–H and O–H groups in total. The van der Waals surface area contributed by atoms with Crippen molar-refractivity contribution >= 4 is 11.6 Å². The summed E-state index contributed by atoms with van der Waals surface area (Å²) < 4.78 is 16.6. The number of hydrogen-bond donors (Lipinski definition) is 1. The highest BCUT2D eigenvalue weighted by Crippen LogP contribution is 2.45. The van der Waals surface area contributed by atoms with Crippen molar-refractivity contribution in [3.63, 3.8) is 0 Å². The van der Waals surface area contributed by atoms with Gasteiger partial charge in [0.1, 0.15) is 16.5 Å². The van der Waals surface area contributed by atoms with Crippen LogP contribution in [0.1, 0.15) is 32.4 Å². The lowest BCUT2D eigenvalue weighted by molar-refractivity contribution is 0.0489. The van der Waals surface area contributed by atoms with Gasteiger partial charge < -0.3 is 19.9 Å². The molecule has 4 nitrogen and oxygen atoms in total. The van der Waals surface area contributed by atoms with Crippen molar-refractivity contribution in [3.8, 4) is 11.5 Å². The van der Waals surface area contributed by atoms with E-state index in [0.29, 0.717) is 22.4 Å². The van der Waals surface area contributed by atoms with Gasteiger partial charge in [0.25, 0.3) is 0 Å². The summed E-state index contributed by atoms with van der Waals surface area (Å²) in [7, 11) is 3.17. The van der Waals surface area contributed by atoms with Crippen LogP contribution >= 0.6 is 11.6 Å².